The predicted octanol–water partition coefficient (Wildman–Crippen LogP) is -1.49. The molecule has 0 aromatic carbocycles. The monoisotopic (exact) mass is 264 g/mol. The smallest absolute Gasteiger partial charge is 0.269 e. The Kier molecular flexibility index (Phi) is 6.05. The van der Waals surface area contributed by atoms with Crippen molar-refractivity contribution in [1.29, 1.82) is 5.26 Å². The number of nitriles is 1. The number of hydrogen-bond donors (Lipinski definition) is 3. The zero-order valence-corrected chi connectivity index (χ0v) is 10.6. The third kappa shape index (κ3) is 5.18. The molecule has 0 radical (unpaired) electrons. The highest BCUT2D eigenvalue weighted by atomic mass is 16.2. The molecular weight excluding hydrogens is 248 g/mol. The van der Waals surface area contributed by atoms with Gasteiger partial charge in [-0.25, -0.2) is 4.68 Å². The first-order valence-corrected chi connectivity index (χ1v) is 5.76. The Morgan fingerprint density at radius 1 is 1.53 bits per heavy atom. The largest absolute Gasteiger partial charge is 0.382 e. The summed E-state index contributed by atoms with van der Waals surface area (Å²) in [4.78, 5) is 23.0. The molecule has 0 atom stereocenters. The van der Waals surface area contributed by atoms with Gasteiger partial charge in [0.25, 0.3) is 5.56 Å². The molecule has 102 valence electrons. The van der Waals surface area contributed by atoms with E-state index >= 15 is 0 Å². The lowest BCUT2D eigenvalue weighted by Gasteiger charge is -2.07. The van der Waals surface area contributed by atoms with Crippen LogP contribution in [0.5, 0.6) is 0 Å². The number of rotatable bonds is 7. The lowest BCUT2D eigenvalue weighted by atomic mass is 10.4. The van der Waals surface area contributed by atoms with Gasteiger partial charge in [0.2, 0.25) is 5.91 Å². The molecule has 0 saturated carbocycles. The van der Waals surface area contributed by atoms with Crippen LogP contribution in [0.2, 0.25) is 0 Å². The lowest BCUT2D eigenvalue weighted by Crippen LogP contribution is -2.33. The number of carbonyl (C=O) groups is 1. The highest BCUT2D eigenvalue weighted by Crippen LogP contribution is 1.98. The van der Waals surface area contributed by atoms with Gasteiger partial charge in [-0.1, -0.05) is 0 Å². The quantitative estimate of drug-likeness (QED) is 0.409. The fourth-order valence-corrected chi connectivity index (χ4v) is 1.31. The van der Waals surface area contributed by atoms with Crippen LogP contribution in [0.1, 0.15) is 0 Å². The lowest BCUT2D eigenvalue weighted by molar-refractivity contribution is -0.121. The zero-order valence-electron chi connectivity index (χ0n) is 10.6. The minimum atomic E-state index is -0.424. The number of nitrogens with zero attached hydrogens (tertiary/aromatic N) is 3. The SMILES string of the molecule is CNCCNc1cnn(CC(=O)NCC#N)c(=O)c1. The summed E-state index contributed by atoms with van der Waals surface area (Å²) < 4.78 is 1.04. The van der Waals surface area contributed by atoms with Gasteiger partial charge in [0.15, 0.2) is 0 Å². The molecule has 0 unspecified atom stereocenters. The summed E-state index contributed by atoms with van der Waals surface area (Å²) >= 11 is 0. The second kappa shape index (κ2) is 7.84. The van der Waals surface area contributed by atoms with E-state index < -0.39 is 5.91 Å². The first-order chi connectivity index (χ1) is 9.17. The normalized spacial score (nSPS) is 9.68. The number of aromatic nitrogens is 2. The van der Waals surface area contributed by atoms with Gasteiger partial charge in [-0.3, -0.25) is 9.59 Å². The van der Waals surface area contributed by atoms with Gasteiger partial charge in [-0.05, 0) is 7.05 Å². The van der Waals surface area contributed by atoms with Crippen molar-refractivity contribution in [3.05, 3.63) is 22.6 Å². The van der Waals surface area contributed by atoms with Gasteiger partial charge in [0, 0.05) is 19.2 Å². The third-order valence-corrected chi connectivity index (χ3v) is 2.23. The topological polar surface area (TPSA) is 112 Å². The van der Waals surface area contributed by atoms with E-state index in [-0.39, 0.29) is 18.6 Å². The summed E-state index contributed by atoms with van der Waals surface area (Å²) in [7, 11) is 1.83. The number of nitrogens with one attached hydrogen (secondary N) is 3. The maximum atomic E-state index is 11.7. The van der Waals surface area contributed by atoms with Gasteiger partial charge >= 0.3 is 0 Å². The fraction of sp³-hybridized carbons (Fsp3) is 0.455. The Morgan fingerprint density at radius 2 is 2.32 bits per heavy atom. The van der Waals surface area contributed by atoms with Crippen LogP contribution in [0.15, 0.2) is 17.1 Å². The van der Waals surface area contributed by atoms with Crippen LogP contribution >= 0.6 is 0 Å². The molecular formula is C11H16N6O2. The maximum Gasteiger partial charge on any atom is 0.269 e. The first-order valence-electron chi connectivity index (χ1n) is 5.76. The average molecular weight is 264 g/mol. The average Bonchev–Trinajstić information content (AvgIpc) is 2.40. The minimum absolute atomic E-state index is 0.0861. The molecule has 1 aromatic heterocycles. The maximum absolute atomic E-state index is 11.7. The fourth-order valence-electron chi connectivity index (χ4n) is 1.31. The second-order valence-corrected chi connectivity index (χ2v) is 3.71. The number of carbonyl (C=O) groups excluding carboxylic acids is 1. The summed E-state index contributed by atoms with van der Waals surface area (Å²) in [5.74, 6) is -0.424. The second-order valence-electron chi connectivity index (χ2n) is 3.71. The van der Waals surface area contributed by atoms with Crippen molar-refractivity contribution in [3.8, 4) is 6.07 Å². The van der Waals surface area contributed by atoms with Gasteiger partial charge < -0.3 is 16.0 Å². The molecule has 0 fully saturated rings. The van der Waals surface area contributed by atoms with Crippen molar-refractivity contribution >= 4 is 11.6 Å². The van der Waals surface area contributed by atoms with Crippen LogP contribution in [-0.4, -0.2) is 42.4 Å². The van der Waals surface area contributed by atoms with Crippen LogP contribution < -0.4 is 21.5 Å². The molecule has 0 aliphatic heterocycles. The minimum Gasteiger partial charge on any atom is -0.382 e. The van der Waals surface area contributed by atoms with Crippen molar-refractivity contribution in [1.82, 2.24) is 20.4 Å². The molecule has 8 heteroatoms. The Labute approximate surface area is 110 Å². The van der Waals surface area contributed by atoms with E-state index in [0.29, 0.717) is 12.2 Å². The van der Waals surface area contributed by atoms with E-state index in [1.165, 1.54) is 12.3 Å². The zero-order chi connectivity index (χ0) is 14.1. The molecule has 1 aromatic rings. The summed E-state index contributed by atoms with van der Waals surface area (Å²) in [5.41, 5.74) is 0.232. The highest BCUT2D eigenvalue weighted by Gasteiger charge is 2.05. The summed E-state index contributed by atoms with van der Waals surface area (Å²) in [6.07, 6.45) is 1.48. The van der Waals surface area contributed by atoms with E-state index in [4.69, 9.17) is 5.26 Å². The third-order valence-electron chi connectivity index (χ3n) is 2.23. The molecule has 0 bridgehead atoms. The molecule has 0 spiro atoms. The Bertz CT molecular complexity index is 519. The van der Waals surface area contributed by atoms with E-state index in [2.05, 4.69) is 21.0 Å². The van der Waals surface area contributed by atoms with Crippen molar-refractivity contribution in [2.24, 2.45) is 0 Å². The van der Waals surface area contributed by atoms with E-state index in [1.807, 2.05) is 7.05 Å². The van der Waals surface area contributed by atoms with E-state index in [9.17, 15) is 9.59 Å². The highest BCUT2D eigenvalue weighted by molar-refractivity contribution is 5.75. The Balaban J connectivity index is 2.60. The first kappa shape index (κ1) is 14.7. The molecule has 1 rings (SSSR count). The molecule has 0 saturated heterocycles. The molecule has 0 aliphatic carbocycles. The van der Waals surface area contributed by atoms with E-state index in [1.54, 1.807) is 6.07 Å². The summed E-state index contributed by atoms with van der Waals surface area (Å²) in [5, 5.41) is 20.5. The van der Waals surface area contributed by atoms with Gasteiger partial charge in [0.1, 0.15) is 13.1 Å². The molecule has 3 N–H and O–H groups in total. The van der Waals surface area contributed by atoms with Crippen LogP contribution in [0, 0.1) is 11.3 Å². The molecule has 8 nitrogen and oxygen atoms in total. The Hall–Kier alpha value is -2.40. The number of anilines is 1. The predicted molar refractivity (Wildman–Crippen MR) is 69.5 cm³/mol. The van der Waals surface area contributed by atoms with Crippen LogP contribution in [0.3, 0.4) is 0 Å². The van der Waals surface area contributed by atoms with Crippen molar-refractivity contribution < 1.29 is 4.79 Å². The van der Waals surface area contributed by atoms with Crippen molar-refractivity contribution in [3.63, 3.8) is 0 Å². The van der Waals surface area contributed by atoms with Crippen molar-refractivity contribution in [2.45, 2.75) is 6.54 Å². The Morgan fingerprint density at radius 3 is 2.95 bits per heavy atom. The number of likely N-dealkylation sites (N-methyl/N-ethyl adjacent to an activating group) is 1. The van der Waals surface area contributed by atoms with Gasteiger partial charge in [0.05, 0.1) is 18.0 Å². The standard InChI is InChI=1S/C11H16N6O2/c1-13-4-5-14-9-6-11(19)17(16-7-9)8-10(18)15-3-2-12/h6-7,13-14H,3-5,8H2,1H3,(H,15,18). The molecule has 0 aliphatic rings. The molecule has 1 heterocycles. The molecule has 1 amide bonds. The van der Waals surface area contributed by atoms with Crippen LogP contribution in [0.25, 0.3) is 0 Å². The van der Waals surface area contributed by atoms with Gasteiger partial charge in [-0.2, -0.15) is 10.4 Å². The number of hydrogen-bond acceptors (Lipinski definition) is 6. The van der Waals surface area contributed by atoms with Crippen molar-refractivity contribution in [2.75, 3.05) is 32.0 Å². The summed E-state index contributed by atoms with van der Waals surface area (Å²) in [6, 6.07) is 3.16. The summed E-state index contributed by atoms with van der Waals surface area (Å²) in [6.45, 7) is 1.15. The molecule has 19 heavy (non-hydrogen) atoms. The van der Waals surface area contributed by atoms with Crippen LogP contribution in [-0.2, 0) is 11.3 Å². The van der Waals surface area contributed by atoms with Crippen LogP contribution in [0.4, 0.5) is 5.69 Å². The van der Waals surface area contributed by atoms with Gasteiger partial charge in [-0.15, -0.1) is 0 Å². The number of amides is 1. The van der Waals surface area contributed by atoms with E-state index in [0.717, 1.165) is 11.2 Å².